The van der Waals surface area contributed by atoms with Gasteiger partial charge < -0.3 is 43.3 Å². The summed E-state index contributed by atoms with van der Waals surface area (Å²) >= 11 is 0. The number of nitro groups is 1. The van der Waals surface area contributed by atoms with E-state index in [2.05, 4.69) is 0 Å². The molecule has 2 N–H and O–H groups in total. The van der Waals surface area contributed by atoms with Gasteiger partial charge in [-0.2, -0.15) is 0 Å². The lowest BCUT2D eigenvalue weighted by molar-refractivity contribution is -0.529. The standard InChI is InChI=1S/C14H20N2O7.C14H22N2O5.2CH4/c1-5-22-12(11(16(19)20)14(18)23-6-2)15-8-7-9(3)10(15)13(17)21-4;1-5-20-12(10(15)13(17)21-6-2)16-8-7-9(3)11(16)14(18)19-4;;/h7-8,11-12H,5-6H2,1-4H3;7-8,10,12H,5-6,15H2,1-4H3;2*1H4. The number of aromatic nitrogens is 2. The van der Waals surface area contributed by atoms with Gasteiger partial charge in [0.1, 0.15) is 17.4 Å². The first-order valence-electron chi connectivity index (χ1n) is 13.8. The van der Waals surface area contributed by atoms with Crippen molar-refractivity contribution in [1.29, 1.82) is 0 Å². The van der Waals surface area contributed by atoms with Crippen LogP contribution in [-0.2, 0) is 38.0 Å². The molecule has 0 radical (unpaired) electrons. The Morgan fingerprint density at radius 3 is 1.52 bits per heavy atom. The fraction of sp³-hybridized carbons (Fsp3) is 0.600. The van der Waals surface area contributed by atoms with E-state index >= 15 is 0 Å². The first kappa shape index (κ1) is 43.8. The average Bonchev–Trinajstić information content (AvgIpc) is 3.56. The molecule has 2 rings (SSSR count). The number of nitrogens with zero attached hydrogens (tertiary/aromatic N) is 3. The third-order valence-electron chi connectivity index (χ3n) is 6.11. The molecule has 262 valence electrons. The minimum Gasteiger partial charge on any atom is -0.465 e. The van der Waals surface area contributed by atoms with Gasteiger partial charge in [-0.1, -0.05) is 14.9 Å². The van der Waals surface area contributed by atoms with Gasteiger partial charge in [-0.15, -0.1) is 0 Å². The molecule has 0 aliphatic rings. The number of esters is 4. The molecule has 4 unspecified atom stereocenters. The van der Waals surface area contributed by atoms with Gasteiger partial charge in [-0.25, -0.2) is 14.4 Å². The Balaban J connectivity index is 0. The quantitative estimate of drug-likeness (QED) is 0.126. The Bertz CT molecular complexity index is 1270. The highest BCUT2D eigenvalue weighted by molar-refractivity contribution is 5.90. The summed E-state index contributed by atoms with van der Waals surface area (Å²) < 4.78 is 32.8. The van der Waals surface area contributed by atoms with Crippen molar-refractivity contribution in [2.45, 2.75) is 80.9 Å². The zero-order valence-electron chi connectivity index (χ0n) is 26.3. The number of nitrogens with two attached hydrogens (primary N) is 1. The van der Waals surface area contributed by atoms with E-state index in [9.17, 15) is 29.3 Å². The van der Waals surface area contributed by atoms with Crippen molar-refractivity contribution in [3.8, 4) is 0 Å². The summed E-state index contributed by atoms with van der Waals surface area (Å²) in [6.07, 6.45) is 0.923. The van der Waals surface area contributed by atoms with Crippen LogP contribution in [0.15, 0.2) is 24.5 Å². The topological polar surface area (TPSA) is 203 Å². The van der Waals surface area contributed by atoms with Crippen LogP contribution < -0.4 is 5.73 Å². The molecule has 2 aromatic heterocycles. The number of carbonyl (C=O) groups is 4. The van der Waals surface area contributed by atoms with Gasteiger partial charge in [0.15, 0.2) is 6.23 Å². The highest BCUT2D eigenvalue weighted by Gasteiger charge is 2.43. The molecular formula is C30H50N4O12. The summed E-state index contributed by atoms with van der Waals surface area (Å²) in [7, 11) is 2.49. The van der Waals surface area contributed by atoms with Gasteiger partial charge in [0.05, 0.1) is 27.4 Å². The molecule has 0 saturated carbocycles. The molecule has 46 heavy (non-hydrogen) atoms. The third kappa shape index (κ3) is 11.0. The van der Waals surface area contributed by atoms with Gasteiger partial charge in [0.25, 0.3) is 0 Å². The van der Waals surface area contributed by atoms with Crippen molar-refractivity contribution in [2.24, 2.45) is 5.73 Å². The van der Waals surface area contributed by atoms with Crippen molar-refractivity contribution in [1.82, 2.24) is 9.13 Å². The summed E-state index contributed by atoms with van der Waals surface area (Å²) in [5.41, 5.74) is 7.56. The SMILES string of the molecule is C.C.CCOC(=O)C(C(OCC)n1ccc(C)c1C(=O)OC)[N+](=O)[O-].CCOC(=O)C(N)C(OCC)n1ccc(C)c1C(=O)OC. The summed E-state index contributed by atoms with van der Waals surface area (Å²) in [5, 5.41) is 11.4. The number of ether oxygens (including phenoxy) is 6. The molecule has 16 heteroatoms. The predicted octanol–water partition coefficient (Wildman–Crippen LogP) is 3.61. The minimum absolute atomic E-state index is 0. The molecule has 2 aromatic rings. The maximum absolute atomic E-state index is 12.0. The van der Waals surface area contributed by atoms with Crippen molar-refractivity contribution < 1.29 is 52.5 Å². The van der Waals surface area contributed by atoms with Crippen LogP contribution in [0.25, 0.3) is 0 Å². The second kappa shape index (κ2) is 21.5. The molecular weight excluding hydrogens is 608 g/mol. The summed E-state index contributed by atoms with van der Waals surface area (Å²) in [5.74, 6) is -2.81. The van der Waals surface area contributed by atoms with E-state index in [4.69, 9.17) is 34.2 Å². The van der Waals surface area contributed by atoms with Crippen molar-refractivity contribution >= 4 is 23.9 Å². The van der Waals surface area contributed by atoms with Gasteiger partial charge in [0.2, 0.25) is 6.23 Å². The lowest BCUT2D eigenvalue weighted by atomic mass is 10.2. The monoisotopic (exact) mass is 658 g/mol. The lowest BCUT2D eigenvalue weighted by Gasteiger charge is -2.25. The fourth-order valence-corrected chi connectivity index (χ4v) is 4.16. The maximum Gasteiger partial charge on any atom is 0.386 e. The molecule has 16 nitrogen and oxygen atoms in total. The van der Waals surface area contributed by atoms with E-state index in [-0.39, 0.29) is 40.4 Å². The van der Waals surface area contributed by atoms with Gasteiger partial charge in [-0.3, -0.25) is 14.9 Å². The van der Waals surface area contributed by atoms with Crippen LogP contribution in [0, 0.1) is 24.0 Å². The smallest absolute Gasteiger partial charge is 0.386 e. The Labute approximate surface area is 270 Å². The van der Waals surface area contributed by atoms with Gasteiger partial charge >= 0.3 is 29.9 Å². The summed E-state index contributed by atoms with van der Waals surface area (Å²) in [6.45, 7) is 10.7. The van der Waals surface area contributed by atoms with Crippen LogP contribution >= 0.6 is 0 Å². The van der Waals surface area contributed by atoms with E-state index < -0.39 is 53.3 Å². The van der Waals surface area contributed by atoms with E-state index in [1.807, 2.05) is 0 Å². The van der Waals surface area contributed by atoms with Crippen LogP contribution in [0.2, 0.25) is 0 Å². The molecule has 0 bridgehead atoms. The predicted molar refractivity (Wildman–Crippen MR) is 168 cm³/mol. The Hall–Kier alpha value is -4.28. The lowest BCUT2D eigenvalue weighted by Crippen LogP contribution is -2.42. The van der Waals surface area contributed by atoms with E-state index in [1.165, 1.54) is 29.6 Å². The zero-order valence-corrected chi connectivity index (χ0v) is 26.3. The second-order valence-corrected chi connectivity index (χ2v) is 8.94. The number of hydrogen-bond acceptors (Lipinski definition) is 13. The van der Waals surface area contributed by atoms with E-state index in [0.29, 0.717) is 23.4 Å². The highest BCUT2D eigenvalue weighted by Crippen LogP contribution is 2.24. The minimum atomic E-state index is -1.80. The molecule has 0 aliphatic carbocycles. The first-order chi connectivity index (χ1) is 20.9. The maximum atomic E-state index is 12.0. The number of aryl methyl sites for hydroxylation is 2. The van der Waals surface area contributed by atoms with Crippen LogP contribution in [-0.4, -0.2) is 90.7 Å². The van der Waals surface area contributed by atoms with Gasteiger partial charge in [-0.05, 0) is 64.8 Å². The first-order valence-corrected chi connectivity index (χ1v) is 13.8. The van der Waals surface area contributed by atoms with E-state index in [1.54, 1.807) is 59.9 Å². The number of hydrogen-bond donors (Lipinski definition) is 1. The normalized spacial score (nSPS) is 12.8. The number of rotatable bonds is 15. The third-order valence-corrected chi connectivity index (χ3v) is 6.11. The van der Waals surface area contributed by atoms with E-state index in [0.717, 1.165) is 0 Å². The Kier molecular flexibility index (Phi) is 20.5. The Morgan fingerprint density at radius 2 is 1.15 bits per heavy atom. The molecule has 0 saturated heterocycles. The molecule has 0 amide bonds. The van der Waals surface area contributed by atoms with Gasteiger partial charge in [0, 0.05) is 30.5 Å². The largest absolute Gasteiger partial charge is 0.465 e. The van der Waals surface area contributed by atoms with Crippen molar-refractivity contribution in [3.63, 3.8) is 0 Å². The molecule has 0 fully saturated rings. The average molecular weight is 659 g/mol. The van der Waals surface area contributed by atoms with Crippen LogP contribution in [0.3, 0.4) is 0 Å². The van der Waals surface area contributed by atoms with Crippen LogP contribution in [0.1, 0.15) is 87.1 Å². The van der Waals surface area contributed by atoms with Crippen molar-refractivity contribution in [2.75, 3.05) is 40.6 Å². The highest BCUT2D eigenvalue weighted by atomic mass is 16.6. The zero-order chi connectivity index (χ0) is 33.6. The molecule has 0 spiro atoms. The van der Waals surface area contributed by atoms with Crippen molar-refractivity contribution in [3.05, 3.63) is 57.2 Å². The second-order valence-electron chi connectivity index (χ2n) is 8.94. The fourth-order valence-electron chi connectivity index (χ4n) is 4.16. The summed E-state index contributed by atoms with van der Waals surface area (Å²) in [6, 6.07) is 0.474. The number of methoxy groups -OCH3 is 2. The molecule has 2 heterocycles. The molecule has 0 aromatic carbocycles. The molecule has 4 atom stereocenters. The molecule has 0 aliphatic heterocycles. The van der Waals surface area contributed by atoms with Crippen LogP contribution in [0.5, 0.6) is 0 Å². The number of carbonyl (C=O) groups excluding carboxylic acids is 4. The Morgan fingerprint density at radius 1 is 0.761 bits per heavy atom. The summed E-state index contributed by atoms with van der Waals surface area (Å²) in [4.78, 5) is 58.2. The van der Waals surface area contributed by atoms with Crippen LogP contribution in [0.4, 0.5) is 0 Å².